The first kappa shape index (κ1) is 18.0. The van der Waals surface area contributed by atoms with Crippen LogP contribution in [0.15, 0.2) is 42.5 Å². The minimum atomic E-state index is -1.04. The lowest BCUT2D eigenvalue weighted by Gasteiger charge is -2.31. The maximum Gasteiger partial charge on any atom is 0.255 e. The first-order valence-electron chi connectivity index (χ1n) is 8.60. The van der Waals surface area contributed by atoms with Crippen molar-refractivity contribution >= 4 is 17.5 Å². The van der Waals surface area contributed by atoms with E-state index in [1.165, 1.54) is 12.1 Å². The number of nitrogens with one attached hydrogen (secondary N) is 1. The fourth-order valence-electron chi connectivity index (χ4n) is 3.13. The predicted octanol–water partition coefficient (Wildman–Crippen LogP) is 4.09. The van der Waals surface area contributed by atoms with Gasteiger partial charge in [-0.2, -0.15) is 0 Å². The Hall–Kier alpha value is -2.76. The van der Waals surface area contributed by atoms with Gasteiger partial charge in [-0.15, -0.1) is 0 Å². The number of likely N-dealkylation sites (tertiary alicyclic amines) is 1. The summed E-state index contributed by atoms with van der Waals surface area (Å²) in [5, 5.41) is 2.51. The third-order valence-corrected chi connectivity index (χ3v) is 4.49. The largest absolute Gasteiger partial charge is 0.338 e. The standard InChI is InChI=1S/C20H20F2N2O2/c1-13-4-3-9-24(12-13)20(26)15-6-2-5-14(10-15)19(25)23-16-7-8-17(21)18(22)11-16/h2,5-8,10-11,13H,3-4,9,12H2,1H3,(H,23,25). The van der Waals surface area contributed by atoms with Gasteiger partial charge in [0.2, 0.25) is 0 Å². The van der Waals surface area contributed by atoms with E-state index in [4.69, 9.17) is 0 Å². The number of carbonyl (C=O) groups is 2. The fourth-order valence-corrected chi connectivity index (χ4v) is 3.13. The highest BCUT2D eigenvalue weighted by Crippen LogP contribution is 2.19. The van der Waals surface area contributed by atoms with Crippen molar-refractivity contribution in [3.8, 4) is 0 Å². The average molecular weight is 358 g/mol. The van der Waals surface area contributed by atoms with E-state index >= 15 is 0 Å². The molecule has 136 valence electrons. The molecule has 2 aromatic rings. The molecule has 1 fully saturated rings. The van der Waals surface area contributed by atoms with E-state index in [-0.39, 0.29) is 17.2 Å². The van der Waals surface area contributed by atoms with E-state index in [0.29, 0.717) is 24.6 Å². The number of rotatable bonds is 3. The van der Waals surface area contributed by atoms with Gasteiger partial charge in [0.25, 0.3) is 11.8 Å². The Balaban J connectivity index is 1.74. The second kappa shape index (κ2) is 7.64. The van der Waals surface area contributed by atoms with Gasteiger partial charge < -0.3 is 10.2 Å². The number of benzene rings is 2. The van der Waals surface area contributed by atoms with Crippen LogP contribution in [0.3, 0.4) is 0 Å². The normalized spacial score (nSPS) is 17.0. The molecule has 0 radical (unpaired) electrons. The molecule has 4 nitrogen and oxygen atoms in total. The summed E-state index contributed by atoms with van der Waals surface area (Å²) in [7, 11) is 0. The van der Waals surface area contributed by atoms with Gasteiger partial charge in [0.05, 0.1) is 0 Å². The van der Waals surface area contributed by atoms with E-state index in [0.717, 1.165) is 25.0 Å². The lowest BCUT2D eigenvalue weighted by atomic mass is 9.99. The van der Waals surface area contributed by atoms with Gasteiger partial charge in [0, 0.05) is 36.0 Å². The van der Waals surface area contributed by atoms with Crippen LogP contribution in [-0.2, 0) is 0 Å². The van der Waals surface area contributed by atoms with E-state index in [1.807, 2.05) is 0 Å². The second-order valence-electron chi connectivity index (χ2n) is 6.66. The summed E-state index contributed by atoms with van der Waals surface area (Å²) in [4.78, 5) is 26.8. The summed E-state index contributed by atoms with van der Waals surface area (Å²) in [5.74, 6) is -2.14. The van der Waals surface area contributed by atoms with Crippen LogP contribution in [0.2, 0.25) is 0 Å². The van der Waals surface area contributed by atoms with Gasteiger partial charge in [0.15, 0.2) is 11.6 Å². The van der Waals surface area contributed by atoms with Crippen molar-refractivity contribution in [3.63, 3.8) is 0 Å². The number of amides is 2. The van der Waals surface area contributed by atoms with Crippen molar-refractivity contribution in [2.75, 3.05) is 18.4 Å². The lowest BCUT2D eigenvalue weighted by molar-refractivity contribution is 0.0683. The molecule has 1 aliphatic rings. The number of anilines is 1. The summed E-state index contributed by atoms with van der Waals surface area (Å²) < 4.78 is 26.2. The van der Waals surface area contributed by atoms with Crippen molar-refractivity contribution in [1.29, 1.82) is 0 Å². The average Bonchev–Trinajstić information content (AvgIpc) is 2.64. The Bertz CT molecular complexity index is 838. The first-order valence-corrected chi connectivity index (χ1v) is 8.60. The Labute approximate surface area is 150 Å². The van der Waals surface area contributed by atoms with Gasteiger partial charge in [-0.1, -0.05) is 13.0 Å². The van der Waals surface area contributed by atoms with E-state index in [2.05, 4.69) is 12.2 Å². The molecule has 26 heavy (non-hydrogen) atoms. The summed E-state index contributed by atoms with van der Waals surface area (Å²) in [6, 6.07) is 9.55. The van der Waals surface area contributed by atoms with Crippen LogP contribution in [-0.4, -0.2) is 29.8 Å². The van der Waals surface area contributed by atoms with Crippen LogP contribution in [0, 0.1) is 17.6 Å². The molecule has 1 atom stereocenters. The third kappa shape index (κ3) is 4.07. The van der Waals surface area contributed by atoms with Crippen LogP contribution in [0.4, 0.5) is 14.5 Å². The molecule has 1 aliphatic heterocycles. The van der Waals surface area contributed by atoms with Crippen LogP contribution in [0.1, 0.15) is 40.5 Å². The molecular formula is C20H20F2N2O2. The second-order valence-corrected chi connectivity index (χ2v) is 6.66. The van der Waals surface area contributed by atoms with E-state index in [1.54, 1.807) is 23.1 Å². The van der Waals surface area contributed by atoms with Crippen molar-refractivity contribution in [2.45, 2.75) is 19.8 Å². The highest BCUT2D eigenvalue weighted by atomic mass is 19.2. The quantitative estimate of drug-likeness (QED) is 0.898. The maximum absolute atomic E-state index is 13.3. The maximum atomic E-state index is 13.3. The smallest absolute Gasteiger partial charge is 0.255 e. The highest BCUT2D eigenvalue weighted by molar-refractivity contribution is 6.06. The number of halogens is 2. The topological polar surface area (TPSA) is 49.4 Å². The number of piperidine rings is 1. The zero-order chi connectivity index (χ0) is 18.7. The molecule has 0 saturated carbocycles. The monoisotopic (exact) mass is 358 g/mol. The van der Waals surface area contributed by atoms with Gasteiger partial charge >= 0.3 is 0 Å². The molecule has 1 saturated heterocycles. The van der Waals surface area contributed by atoms with E-state index < -0.39 is 17.5 Å². The molecule has 0 aliphatic carbocycles. The lowest BCUT2D eigenvalue weighted by Crippen LogP contribution is -2.39. The van der Waals surface area contributed by atoms with Crippen molar-refractivity contribution in [2.24, 2.45) is 5.92 Å². The molecule has 1 unspecified atom stereocenters. The molecule has 6 heteroatoms. The Kier molecular flexibility index (Phi) is 5.30. The van der Waals surface area contributed by atoms with E-state index in [9.17, 15) is 18.4 Å². The number of nitrogens with zero attached hydrogens (tertiary/aromatic N) is 1. The van der Waals surface area contributed by atoms with Crippen molar-refractivity contribution in [3.05, 3.63) is 65.2 Å². The highest BCUT2D eigenvalue weighted by Gasteiger charge is 2.22. The van der Waals surface area contributed by atoms with Crippen LogP contribution < -0.4 is 5.32 Å². The molecule has 0 bridgehead atoms. The van der Waals surface area contributed by atoms with Crippen LogP contribution in [0.25, 0.3) is 0 Å². The third-order valence-electron chi connectivity index (χ3n) is 4.49. The molecule has 2 aromatic carbocycles. The molecular weight excluding hydrogens is 338 g/mol. The van der Waals surface area contributed by atoms with Crippen LogP contribution in [0.5, 0.6) is 0 Å². The predicted molar refractivity (Wildman–Crippen MR) is 95.1 cm³/mol. The molecule has 2 amide bonds. The summed E-state index contributed by atoms with van der Waals surface area (Å²) in [6.07, 6.45) is 2.09. The van der Waals surface area contributed by atoms with Crippen LogP contribution >= 0.6 is 0 Å². The summed E-state index contributed by atoms with van der Waals surface area (Å²) in [6.45, 7) is 3.55. The zero-order valence-electron chi connectivity index (χ0n) is 14.5. The Morgan fingerprint density at radius 3 is 2.58 bits per heavy atom. The summed E-state index contributed by atoms with van der Waals surface area (Å²) in [5.41, 5.74) is 0.873. The Morgan fingerprint density at radius 2 is 1.85 bits per heavy atom. The first-order chi connectivity index (χ1) is 12.4. The SMILES string of the molecule is CC1CCCN(C(=O)c2cccc(C(=O)Nc3ccc(F)c(F)c3)c2)C1. The number of hydrogen-bond acceptors (Lipinski definition) is 2. The molecule has 0 spiro atoms. The van der Waals surface area contributed by atoms with Crippen molar-refractivity contribution < 1.29 is 18.4 Å². The molecule has 0 aromatic heterocycles. The number of carbonyl (C=O) groups excluding carboxylic acids is 2. The number of hydrogen-bond donors (Lipinski definition) is 1. The molecule has 1 N–H and O–H groups in total. The van der Waals surface area contributed by atoms with Crippen molar-refractivity contribution in [1.82, 2.24) is 4.90 Å². The van der Waals surface area contributed by atoms with Gasteiger partial charge in [-0.25, -0.2) is 8.78 Å². The van der Waals surface area contributed by atoms with Gasteiger partial charge in [-0.3, -0.25) is 9.59 Å². The molecule has 1 heterocycles. The van der Waals surface area contributed by atoms with Gasteiger partial charge in [0.1, 0.15) is 0 Å². The Morgan fingerprint density at radius 1 is 1.08 bits per heavy atom. The summed E-state index contributed by atoms with van der Waals surface area (Å²) >= 11 is 0. The zero-order valence-corrected chi connectivity index (χ0v) is 14.5. The minimum absolute atomic E-state index is 0.0981. The molecule has 3 rings (SSSR count). The minimum Gasteiger partial charge on any atom is -0.338 e. The fraction of sp³-hybridized carbons (Fsp3) is 0.300. The van der Waals surface area contributed by atoms with Gasteiger partial charge in [-0.05, 0) is 49.1 Å².